The van der Waals surface area contributed by atoms with Crippen LogP contribution in [0.3, 0.4) is 0 Å². The highest BCUT2D eigenvalue weighted by molar-refractivity contribution is 9.10. The molecule has 2 heterocycles. The molecule has 0 radical (unpaired) electrons. The summed E-state index contributed by atoms with van der Waals surface area (Å²) < 4.78 is 22.7. The lowest BCUT2D eigenvalue weighted by atomic mass is 10.2. The molecule has 0 aliphatic heterocycles. The first-order valence-corrected chi connectivity index (χ1v) is 9.52. The molecular formula is C20H11BrClFN4O2. The largest absolute Gasteiger partial charge is 0.453 e. The average molecular weight is 474 g/mol. The van der Waals surface area contributed by atoms with Gasteiger partial charge in [0.05, 0.1) is 28.2 Å². The molecule has 0 unspecified atom stereocenters. The van der Waals surface area contributed by atoms with Gasteiger partial charge >= 0.3 is 5.69 Å². The number of hydrogen-bond acceptors (Lipinski definition) is 4. The summed E-state index contributed by atoms with van der Waals surface area (Å²) in [4.78, 5) is 19.0. The Morgan fingerprint density at radius 2 is 2.14 bits per heavy atom. The maximum absolute atomic E-state index is 15.2. The van der Waals surface area contributed by atoms with Crippen molar-refractivity contribution in [2.24, 2.45) is 0 Å². The monoisotopic (exact) mass is 472 g/mol. The number of benzene rings is 2. The van der Waals surface area contributed by atoms with E-state index in [1.165, 1.54) is 22.8 Å². The van der Waals surface area contributed by atoms with E-state index < -0.39 is 11.5 Å². The summed E-state index contributed by atoms with van der Waals surface area (Å²) in [5.74, 6) is -0.484. The van der Waals surface area contributed by atoms with Gasteiger partial charge in [-0.05, 0) is 52.3 Å². The van der Waals surface area contributed by atoms with Crippen LogP contribution in [-0.2, 0) is 6.54 Å². The molecule has 0 aliphatic rings. The highest BCUT2D eigenvalue weighted by Gasteiger charge is 2.17. The summed E-state index contributed by atoms with van der Waals surface area (Å²) in [7, 11) is 0. The molecule has 0 saturated carbocycles. The molecule has 6 nitrogen and oxygen atoms in total. The quantitative estimate of drug-likeness (QED) is 0.452. The summed E-state index contributed by atoms with van der Waals surface area (Å²) >= 11 is 9.27. The number of rotatable bonds is 4. The van der Waals surface area contributed by atoms with Crippen LogP contribution < -0.4 is 10.4 Å². The van der Waals surface area contributed by atoms with Crippen LogP contribution in [0, 0.1) is 17.1 Å². The number of aromatic nitrogens is 3. The minimum absolute atomic E-state index is 0.0149. The number of nitrogens with one attached hydrogen (secondary N) is 1. The molecule has 0 bridgehead atoms. The summed E-state index contributed by atoms with van der Waals surface area (Å²) in [5, 5.41) is 9.37. The van der Waals surface area contributed by atoms with Gasteiger partial charge < -0.3 is 4.74 Å². The van der Waals surface area contributed by atoms with Gasteiger partial charge in [-0.25, -0.2) is 14.2 Å². The van der Waals surface area contributed by atoms with E-state index in [0.717, 1.165) is 0 Å². The maximum Gasteiger partial charge on any atom is 0.327 e. The van der Waals surface area contributed by atoms with Crippen LogP contribution in [-0.4, -0.2) is 14.5 Å². The highest BCUT2D eigenvalue weighted by Crippen LogP contribution is 2.35. The van der Waals surface area contributed by atoms with Gasteiger partial charge in [0.2, 0.25) is 0 Å². The van der Waals surface area contributed by atoms with Crippen LogP contribution in [0.4, 0.5) is 4.39 Å². The van der Waals surface area contributed by atoms with E-state index in [-0.39, 0.29) is 29.2 Å². The predicted octanol–water partition coefficient (Wildman–Crippen LogP) is 4.99. The van der Waals surface area contributed by atoms with E-state index in [9.17, 15) is 4.79 Å². The third-order valence-corrected chi connectivity index (χ3v) is 5.07. The Balaban J connectivity index is 1.74. The Morgan fingerprint density at radius 1 is 1.31 bits per heavy atom. The van der Waals surface area contributed by atoms with Gasteiger partial charge in [-0.3, -0.25) is 9.55 Å². The Bertz CT molecular complexity index is 1340. The zero-order chi connectivity index (χ0) is 20.5. The zero-order valence-corrected chi connectivity index (χ0v) is 17.0. The Kier molecular flexibility index (Phi) is 5.09. The molecule has 0 spiro atoms. The second-order valence-corrected chi connectivity index (χ2v) is 7.42. The van der Waals surface area contributed by atoms with E-state index in [1.807, 2.05) is 6.07 Å². The van der Waals surface area contributed by atoms with Crippen LogP contribution in [0.1, 0.15) is 11.1 Å². The molecule has 0 saturated heterocycles. The maximum atomic E-state index is 15.2. The minimum Gasteiger partial charge on any atom is -0.453 e. The number of halogens is 3. The first-order chi connectivity index (χ1) is 14.0. The molecule has 2 aromatic heterocycles. The lowest BCUT2D eigenvalue weighted by Gasteiger charge is -2.13. The van der Waals surface area contributed by atoms with Crippen molar-refractivity contribution in [3.8, 4) is 17.6 Å². The van der Waals surface area contributed by atoms with E-state index in [4.69, 9.17) is 21.6 Å². The Morgan fingerprint density at radius 3 is 2.93 bits per heavy atom. The highest BCUT2D eigenvalue weighted by atomic mass is 79.9. The third kappa shape index (κ3) is 3.75. The molecule has 2 aromatic carbocycles. The lowest BCUT2D eigenvalue weighted by molar-refractivity contribution is 0.434. The predicted molar refractivity (Wildman–Crippen MR) is 110 cm³/mol. The molecular weight excluding hydrogens is 463 g/mol. The van der Waals surface area contributed by atoms with Crippen LogP contribution in [0.2, 0.25) is 5.02 Å². The summed E-state index contributed by atoms with van der Waals surface area (Å²) in [5.41, 5.74) is 1.14. The number of ether oxygens (including phenoxy) is 1. The number of H-pyrrole nitrogens is 1. The Hall–Kier alpha value is -3.15. The average Bonchev–Trinajstić information content (AvgIpc) is 3.02. The summed E-state index contributed by atoms with van der Waals surface area (Å²) in [6, 6.07) is 13.0. The lowest BCUT2D eigenvalue weighted by Crippen LogP contribution is -2.18. The standard InChI is InChI=1S/C20H11BrClFN4O2/c21-15-4-3-12(10-27-16-2-1-5-25-19(16)26-20(27)28)17(23)18(15)29-14-7-11(9-24)6-13(22)8-14/h1-8H,10H2,(H,25,26,28). The van der Waals surface area contributed by atoms with E-state index >= 15 is 4.39 Å². The SMILES string of the molecule is N#Cc1cc(Cl)cc(Oc2c(Br)ccc(Cn3c(=O)[nH]c4ncccc43)c2F)c1. The molecule has 4 aromatic rings. The Labute approximate surface area is 177 Å². The number of imidazole rings is 1. The van der Waals surface area contributed by atoms with Crippen molar-refractivity contribution < 1.29 is 9.13 Å². The van der Waals surface area contributed by atoms with Crippen molar-refractivity contribution in [1.82, 2.24) is 14.5 Å². The molecule has 0 fully saturated rings. The van der Waals surface area contributed by atoms with Gasteiger partial charge in [-0.2, -0.15) is 5.26 Å². The second-order valence-electron chi connectivity index (χ2n) is 6.13. The van der Waals surface area contributed by atoms with Crippen molar-refractivity contribution in [3.63, 3.8) is 0 Å². The van der Waals surface area contributed by atoms with Gasteiger partial charge in [-0.15, -0.1) is 0 Å². The topological polar surface area (TPSA) is 83.7 Å². The molecule has 9 heteroatoms. The molecule has 29 heavy (non-hydrogen) atoms. The van der Waals surface area contributed by atoms with Gasteiger partial charge in [0, 0.05) is 16.8 Å². The fraction of sp³-hybridized carbons (Fsp3) is 0.0500. The van der Waals surface area contributed by atoms with Crippen molar-refractivity contribution in [2.45, 2.75) is 6.54 Å². The second kappa shape index (κ2) is 7.70. The van der Waals surface area contributed by atoms with E-state index in [2.05, 4.69) is 25.9 Å². The summed E-state index contributed by atoms with van der Waals surface area (Å²) in [6.45, 7) is -0.0149. The van der Waals surface area contributed by atoms with Crippen molar-refractivity contribution in [2.75, 3.05) is 0 Å². The van der Waals surface area contributed by atoms with E-state index in [1.54, 1.807) is 30.5 Å². The van der Waals surface area contributed by atoms with Crippen molar-refractivity contribution >= 4 is 38.7 Å². The van der Waals surface area contributed by atoms with Gasteiger partial charge in [0.15, 0.2) is 17.2 Å². The first-order valence-electron chi connectivity index (χ1n) is 8.35. The van der Waals surface area contributed by atoms with Gasteiger partial charge in [-0.1, -0.05) is 17.7 Å². The normalized spacial score (nSPS) is 10.8. The summed E-state index contributed by atoms with van der Waals surface area (Å²) in [6.07, 6.45) is 1.56. The third-order valence-electron chi connectivity index (χ3n) is 4.23. The smallest absolute Gasteiger partial charge is 0.327 e. The van der Waals surface area contributed by atoms with E-state index in [0.29, 0.717) is 20.7 Å². The fourth-order valence-corrected chi connectivity index (χ4v) is 3.52. The number of nitrogens with zero attached hydrogens (tertiary/aromatic N) is 3. The minimum atomic E-state index is -0.636. The van der Waals surface area contributed by atoms with Crippen LogP contribution in [0.25, 0.3) is 11.2 Å². The zero-order valence-electron chi connectivity index (χ0n) is 14.6. The number of aromatic amines is 1. The van der Waals surface area contributed by atoms with Crippen molar-refractivity contribution in [3.05, 3.63) is 85.6 Å². The van der Waals surface area contributed by atoms with Crippen LogP contribution in [0.15, 0.2) is 57.9 Å². The number of pyridine rings is 1. The van der Waals surface area contributed by atoms with Gasteiger partial charge in [0.1, 0.15) is 5.75 Å². The van der Waals surface area contributed by atoms with Crippen LogP contribution >= 0.6 is 27.5 Å². The van der Waals surface area contributed by atoms with Crippen molar-refractivity contribution in [1.29, 1.82) is 5.26 Å². The number of hydrogen-bond donors (Lipinski definition) is 1. The number of fused-ring (bicyclic) bond motifs is 1. The number of nitriles is 1. The molecule has 0 amide bonds. The fourth-order valence-electron chi connectivity index (χ4n) is 2.91. The van der Waals surface area contributed by atoms with Gasteiger partial charge in [0.25, 0.3) is 0 Å². The van der Waals surface area contributed by atoms with Crippen LogP contribution in [0.5, 0.6) is 11.5 Å². The first kappa shape index (κ1) is 19.2. The molecule has 4 rings (SSSR count). The molecule has 144 valence electrons. The molecule has 0 atom stereocenters. The molecule has 1 N–H and O–H groups in total. The molecule has 0 aliphatic carbocycles.